The Bertz CT molecular complexity index is 699. The molecule has 28 heavy (non-hydrogen) atoms. The molecule has 0 aliphatic carbocycles. The molecule has 1 fully saturated rings. The molecule has 1 aromatic rings. The number of rotatable bonds is 5. The molecule has 0 unspecified atom stereocenters. The first kappa shape index (κ1) is 22.0. The normalized spacial score (nSPS) is 15.6. The minimum Gasteiger partial charge on any atom is -0.356 e. The van der Waals surface area contributed by atoms with Gasteiger partial charge in [-0.05, 0) is 36.5 Å². The first-order chi connectivity index (χ1) is 13.1. The fraction of sp³-hybridized carbons (Fsp3) is 0.579. The number of carbonyl (C=O) groups excluding carboxylic acids is 2. The third-order valence-corrected chi connectivity index (χ3v) is 4.64. The number of benzene rings is 1. The van der Waals surface area contributed by atoms with E-state index in [2.05, 4.69) is 10.6 Å². The fourth-order valence-electron chi connectivity index (χ4n) is 3.04. The van der Waals surface area contributed by atoms with Gasteiger partial charge in [0.15, 0.2) is 0 Å². The van der Waals surface area contributed by atoms with E-state index < -0.39 is 23.6 Å². The van der Waals surface area contributed by atoms with Crippen LogP contribution in [0.1, 0.15) is 37.8 Å². The molecule has 2 N–H and O–H groups in total. The highest BCUT2D eigenvalue weighted by molar-refractivity contribution is 5.79. The third-order valence-electron chi connectivity index (χ3n) is 4.64. The van der Waals surface area contributed by atoms with Crippen LogP contribution >= 0.6 is 0 Å². The van der Waals surface area contributed by atoms with Crippen molar-refractivity contribution in [1.29, 1.82) is 0 Å². The first-order valence-corrected chi connectivity index (χ1v) is 9.24. The number of urea groups is 1. The van der Waals surface area contributed by atoms with Crippen LogP contribution < -0.4 is 10.6 Å². The number of amides is 3. The van der Waals surface area contributed by atoms with Gasteiger partial charge in [-0.25, -0.2) is 9.18 Å². The molecule has 0 saturated carbocycles. The Hall–Kier alpha value is -2.32. The highest BCUT2D eigenvalue weighted by atomic mass is 19.4. The van der Waals surface area contributed by atoms with Crippen LogP contribution in [0.25, 0.3) is 0 Å². The summed E-state index contributed by atoms with van der Waals surface area (Å²) in [6.45, 7) is 4.93. The maximum absolute atomic E-state index is 13.1. The number of likely N-dealkylation sites (tertiary alicyclic amines) is 1. The van der Waals surface area contributed by atoms with Crippen LogP contribution in [0.15, 0.2) is 18.2 Å². The van der Waals surface area contributed by atoms with Crippen molar-refractivity contribution in [3.8, 4) is 0 Å². The quantitative estimate of drug-likeness (QED) is 0.739. The number of nitrogens with one attached hydrogen (secondary N) is 2. The van der Waals surface area contributed by atoms with Gasteiger partial charge < -0.3 is 15.5 Å². The van der Waals surface area contributed by atoms with Crippen LogP contribution in [0.4, 0.5) is 22.4 Å². The van der Waals surface area contributed by atoms with Gasteiger partial charge in [0.1, 0.15) is 5.82 Å². The summed E-state index contributed by atoms with van der Waals surface area (Å²) in [7, 11) is 0. The second-order valence-electron chi connectivity index (χ2n) is 7.36. The van der Waals surface area contributed by atoms with Crippen molar-refractivity contribution < 1.29 is 27.2 Å². The van der Waals surface area contributed by atoms with Gasteiger partial charge in [-0.2, -0.15) is 13.2 Å². The number of halogens is 4. The van der Waals surface area contributed by atoms with Gasteiger partial charge in [0.05, 0.1) is 5.56 Å². The van der Waals surface area contributed by atoms with E-state index in [1.807, 2.05) is 13.8 Å². The third kappa shape index (κ3) is 6.10. The lowest BCUT2D eigenvalue weighted by Gasteiger charge is -2.31. The van der Waals surface area contributed by atoms with Gasteiger partial charge in [0.25, 0.3) is 0 Å². The van der Waals surface area contributed by atoms with E-state index in [0.717, 1.165) is 12.1 Å². The molecule has 9 heteroatoms. The maximum atomic E-state index is 13.1. The molecule has 0 bridgehead atoms. The summed E-state index contributed by atoms with van der Waals surface area (Å²) in [5.41, 5.74) is -1.31. The maximum Gasteiger partial charge on any atom is 0.416 e. The predicted molar refractivity (Wildman–Crippen MR) is 95.8 cm³/mol. The molecular weight excluding hydrogens is 378 g/mol. The number of hydrogen-bond acceptors (Lipinski definition) is 2. The Morgan fingerprint density at radius 3 is 2.39 bits per heavy atom. The molecule has 5 nitrogen and oxygen atoms in total. The molecule has 156 valence electrons. The van der Waals surface area contributed by atoms with Crippen molar-refractivity contribution in [1.82, 2.24) is 15.5 Å². The van der Waals surface area contributed by atoms with E-state index in [-0.39, 0.29) is 23.9 Å². The molecule has 0 atom stereocenters. The zero-order valence-corrected chi connectivity index (χ0v) is 15.9. The Kier molecular flexibility index (Phi) is 7.26. The smallest absolute Gasteiger partial charge is 0.356 e. The average Bonchev–Trinajstić information content (AvgIpc) is 2.64. The SMILES string of the molecule is CC(C)CNC(=O)C1CCN(C(=O)NCc2ccc(F)cc2C(F)(F)F)CC1. The topological polar surface area (TPSA) is 61.4 Å². The van der Waals surface area contributed by atoms with Gasteiger partial charge in [0, 0.05) is 32.1 Å². The molecule has 3 amide bonds. The van der Waals surface area contributed by atoms with Crippen LogP contribution in [0, 0.1) is 17.7 Å². The van der Waals surface area contributed by atoms with Crippen molar-refractivity contribution in [2.75, 3.05) is 19.6 Å². The van der Waals surface area contributed by atoms with E-state index in [0.29, 0.717) is 44.5 Å². The Labute approximate surface area is 161 Å². The second-order valence-corrected chi connectivity index (χ2v) is 7.36. The van der Waals surface area contributed by atoms with Crippen molar-refractivity contribution in [3.05, 3.63) is 35.1 Å². The minimum absolute atomic E-state index is 0.0325. The average molecular weight is 403 g/mol. The second kappa shape index (κ2) is 9.25. The molecule has 1 aromatic carbocycles. The van der Waals surface area contributed by atoms with Gasteiger partial charge in [-0.1, -0.05) is 19.9 Å². The highest BCUT2D eigenvalue weighted by Gasteiger charge is 2.34. The molecule has 1 aliphatic rings. The van der Waals surface area contributed by atoms with E-state index in [4.69, 9.17) is 0 Å². The Morgan fingerprint density at radius 1 is 1.18 bits per heavy atom. The lowest BCUT2D eigenvalue weighted by atomic mass is 9.96. The zero-order valence-electron chi connectivity index (χ0n) is 15.9. The summed E-state index contributed by atoms with van der Waals surface area (Å²) in [6, 6.07) is 1.86. The standard InChI is InChI=1S/C19H25F4N3O2/c1-12(2)10-24-17(27)13-5-7-26(8-6-13)18(28)25-11-14-3-4-15(20)9-16(14)19(21,22)23/h3-4,9,12-13H,5-8,10-11H2,1-2H3,(H,24,27)(H,25,28). The van der Waals surface area contributed by atoms with E-state index in [9.17, 15) is 27.2 Å². The van der Waals surface area contributed by atoms with Crippen LogP contribution in [0.2, 0.25) is 0 Å². The molecule has 0 radical (unpaired) electrons. The zero-order chi connectivity index (χ0) is 20.9. The van der Waals surface area contributed by atoms with Gasteiger partial charge >= 0.3 is 12.2 Å². The molecule has 0 spiro atoms. The number of nitrogens with zero attached hydrogens (tertiary/aromatic N) is 1. The molecule has 1 aliphatic heterocycles. The molecule has 1 heterocycles. The number of alkyl halides is 3. The predicted octanol–water partition coefficient (Wildman–Crippen LogP) is 3.54. The van der Waals surface area contributed by atoms with Gasteiger partial charge in [-0.15, -0.1) is 0 Å². The first-order valence-electron chi connectivity index (χ1n) is 9.24. The summed E-state index contributed by atoms with van der Waals surface area (Å²) in [5, 5.41) is 5.32. The van der Waals surface area contributed by atoms with Gasteiger partial charge in [-0.3, -0.25) is 4.79 Å². The summed E-state index contributed by atoms with van der Waals surface area (Å²) in [5.74, 6) is -0.838. The summed E-state index contributed by atoms with van der Waals surface area (Å²) >= 11 is 0. The fourth-order valence-corrected chi connectivity index (χ4v) is 3.04. The van der Waals surface area contributed by atoms with Crippen LogP contribution in [-0.4, -0.2) is 36.5 Å². The largest absolute Gasteiger partial charge is 0.416 e. The van der Waals surface area contributed by atoms with E-state index >= 15 is 0 Å². The lowest BCUT2D eigenvalue weighted by molar-refractivity contribution is -0.138. The summed E-state index contributed by atoms with van der Waals surface area (Å²) in [6.07, 6.45) is -3.70. The molecule has 1 saturated heterocycles. The summed E-state index contributed by atoms with van der Waals surface area (Å²) < 4.78 is 52.2. The Balaban J connectivity index is 1.86. The van der Waals surface area contributed by atoms with Crippen molar-refractivity contribution in [2.45, 2.75) is 39.4 Å². The monoisotopic (exact) mass is 403 g/mol. The highest BCUT2D eigenvalue weighted by Crippen LogP contribution is 2.32. The van der Waals surface area contributed by atoms with Gasteiger partial charge in [0.2, 0.25) is 5.91 Å². The lowest BCUT2D eigenvalue weighted by Crippen LogP contribution is -2.47. The van der Waals surface area contributed by atoms with Crippen LogP contribution in [-0.2, 0) is 17.5 Å². The van der Waals surface area contributed by atoms with Crippen LogP contribution in [0.3, 0.4) is 0 Å². The van der Waals surface area contributed by atoms with Crippen LogP contribution in [0.5, 0.6) is 0 Å². The number of carbonyl (C=O) groups is 2. The number of piperidine rings is 1. The van der Waals surface area contributed by atoms with Crippen molar-refractivity contribution >= 4 is 11.9 Å². The number of hydrogen-bond donors (Lipinski definition) is 2. The van der Waals surface area contributed by atoms with Crippen molar-refractivity contribution in [3.63, 3.8) is 0 Å². The minimum atomic E-state index is -4.70. The van der Waals surface area contributed by atoms with E-state index in [1.165, 1.54) is 4.90 Å². The summed E-state index contributed by atoms with van der Waals surface area (Å²) in [4.78, 5) is 25.8. The molecular formula is C19H25F4N3O2. The Morgan fingerprint density at radius 2 is 1.82 bits per heavy atom. The van der Waals surface area contributed by atoms with Crippen molar-refractivity contribution in [2.24, 2.45) is 11.8 Å². The molecule has 2 rings (SSSR count). The van der Waals surface area contributed by atoms with E-state index in [1.54, 1.807) is 0 Å². The molecule has 0 aromatic heterocycles.